The molecule has 0 aliphatic heterocycles. The minimum atomic E-state index is -8.47. The largest absolute Gasteiger partial charge is 0.477 e. The number of alkyl halides is 30. The zero-order chi connectivity index (χ0) is 42.2. The van der Waals surface area contributed by atoms with Crippen LogP contribution in [0.25, 0.3) is 0 Å². The molecule has 0 atom stereocenters. The van der Waals surface area contributed by atoms with Gasteiger partial charge in [-0.1, -0.05) is 0 Å². The molecule has 0 spiro atoms. The fourth-order valence-electron chi connectivity index (χ4n) is 2.20. The Kier molecular flexibility index (Phi) is 13.9. The standard InChI is InChI=1S/2C8HF15O2.Zn/c2*9-2(10,1(24)25)3(11,12)4(13,14)5(15,16)6(17,18)7(19,20)8(21,22)23;/h2*(H,24,25);. The summed E-state index contributed by atoms with van der Waals surface area (Å²) in [7, 11) is 0. The Morgan fingerprint density at radius 1 is 0.255 bits per heavy atom. The molecule has 0 saturated carbocycles. The van der Waals surface area contributed by atoms with Gasteiger partial charge in [-0.3, -0.25) is 0 Å². The van der Waals surface area contributed by atoms with Crippen LogP contribution in [0.5, 0.6) is 0 Å². The summed E-state index contributed by atoms with van der Waals surface area (Å²) in [6, 6.07) is 0. The second-order valence-electron chi connectivity index (χ2n) is 8.50. The van der Waals surface area contributed by atoms with Crippen LogP contribution in [0.1, 0.15) is 0 Å². The van der Waals surface area contributed by atoms with Crippen LogP contribution in [0.2, 0.25) is 0 Å². The van der Waals surface area contributed by atoms with Crippen LogP contribution in [0.4, 0.5) is 132 Å². The Balaban J connectivity index is -0.000000886. The molecule has 0 aliphatic rings. The van der Waals surface area contributed by atoms with E-state index in [2.05, 4.69) is 0 Å². The minimum absolute atomic E-state index is 0. The fraction of sp³-hybridized carbons (Fsp3) is 0.875. The SMILES string of the molecule is O=C(O)C(F)(F)C(F)(F)C(F)(F)C(F)(F)C(F)(F)C(F)(F)C(F)(F)F.O=C(O)C(F)(F)C(F)(F)C(F)(F)C(F)(F)C(F)(F)C(F)(F)C(F)(F)F.[Zn]. The number of hydrogen-bond acceptors (Lipinski definition) is 2. The molecule has 0 aromatic heterocycles. The van der Waals surface area contributed by atoms with Crippen molar-refractivity contribution in [3.63, 3.8) is 0 Å². The van der Waals surface area contributed by atoms with Gasteiger partial charge in [0.05, 0.1) is 0 Å². The number of carboxylic acids is 2. The van der Waals surface area contributed by atoms with Crippen molar-refractivity contribution in [2.75, 3.05) is 0 Å². The quantitative estimate of drug-likeness (QED) is 0.152. The van der Waals surface area contributed by atoms with Crippen LogP contribution in [-0.4, -0.2) is 106 Å². The number of aliphatic carboxylic acids is 2. The molecule has 0 saturated heterocycles. The predicted octanol–water partition coefficient (Wildman–Crippen LogP) is 8.89. The van der Waals surface area contributed by atoms with Crippen molar-refractivity contribution < 1.29 is 171 Å². The molecule has 0 aliphatic carbocycles. The minimum Gasteiger partial charge on any atom is -0.477 e. The molecule has 4 nitrogen and oxygen atoms in total. The van der Waals surface area contributed by atoms with Crippen LogP contribution in [0.3, 0.4) is 0 Å². The van der Waals surface area contributed by atoms with E-state index in [1.165, 1.54) is 0 Å². The Bertz CT molecular complexity index is 1160. The number of hydrogen-bond donors (Lipinski definition) is 2. The summed E-state index contributed by atoms with van der Waals surface area (Å²) in [5.41, 5.74) is 0. The van der Waals surface area contributed by atoms with Gasteiger partial charge in [0.1, 0.15) is 0 Å². The Morgan fingerprint density at radius 3 is 0.490 bits per heavy atom. The van der Waals surface area contributed by atoms with Crippen LogP contribution in [0, 0.1) is 0 Å². The van der Waals surface area contributed by atoms with Gasteiger partial charge in [0.2, 0.25) is 0 Å². The number of halogens is 30. The average molecular weight is 894 g/mol. The van der Waals surface area contributed by atoms with Crippen LogP contribution in [-0.2, 0) is 29.1 Å². The smallest absolute Gasteiger partial charge is 0.460 e. The number of carboxylic acid groups (broad SMARTS) is 2. The maximum Gasteiger partial charge on any atom is 0.460 e. The van der Waals surface area contributed by atoms with Crippen molar-refractivity contribution in [3.05, 3.63) is 0 Å². The van der Waals surface area contributed by atoms with E-state index in [9.17, 15) is 141 Å². The van der Waals surface area contributed by atoms with Gasteiger partial charge in [-0.2, -0.15) is 132 Å². The zero-order valence-corrected chi connectivity index (χ0v) is 24.7. The second kappa shape index (κ2) is 13.4. The molecule has 0 unspecified atom stereocenters. The first kappa shape index (κ1) is 52.8. The van der Waals surface area contributed by atoms with Gasteiger partial charge in [-0.25, -0.2) is 9.59 Å². The molecule has 0 rings (SSSR count). The van der Waals surface area contributed by atoms with Crippen molar-refractivity contribution in [2.24, 2.45) is 0 Å². The molecule has 0 bridgehead atoms. The van der Waals surface area contributed by atoms with Crippen molar-refractivity contribution in [1.82, 2.24) is 0 Å². The summed E-state index contributed by atoms with van der Waals surface area (Å²) in [5.74, 6) is -106. The fourth-order valence-corrected chi connectivity index (χ4v) is 2.20. The maximum absolute atomic E-state index is 12.8. The van der Waals surface area contributed by atoms with Crippen LogP contribution in [0.15, 0.2) is 0 Å². The Hall–Kier alpha value is -2.54. The first-order valence-corrected chi connectivity index (χ1v) is 10.0. The van der Waals surface area contributed by atoms with E-state index in [0.29, 0.717) is 0 Å². The van der Waals surface area contributed by atoms with Gasteiger partial charge in [0.15, 0.2) is 0 Å². The number of carbonyl (C=O) groups is 2. The van der Waals surface area contributed by atoms with Gasteiger partial charge in [0, 0.05) is 19.5 Å². The topological polar surface area (TPSA) is 74.6 Å². The molecule has 0 fully saturated rings. The van der Waals surface area contributed by atoms with Crippen molar-refractivity contribution in [2.45, 2.75) is 83.4 Å². The molecule has 2 N–H and O–H groups in total. The molecule has 35 heteroatoms. The monoisotopic (exact) mass is 892 g/mol. The molecule has 0 heterocycles. The summed E-state index contributed by atoms with van der Waals surface area (Å²) in [6.45, 7) is 0. The van der Waals surface area contributed by atoms with Crippen molar-refractivity contribution >= 4 is 11.9 Å². The second-order valence-corrected chi connectivity index (χ2v) is 8.50. The van der Waals surface area contributed by atoms with Gasteiger partial charge >= 0.3 is 95.4 Å². The normalized spacial score (nSPS) is 15.8. The molecule has 0 amide bonds. The van der Waals surface area contributed by atoms with E-state index in [4.69, 9.17) is 10.2 Å². The van der Waals surface area contributed by atoms with Gasteiger partial charge in [-0.05, 0) is 0 Å². The first-order chi connectivity index (χ1) is 20.9. The van der Waals surface area contributed by atoms with E-state index >= 15 is 0 Å². The van der Waals surface area contributed by atoms with Crippen LogP contribution >= 0.6 is 0 Å². The molecular formula is C16H2F30O4Zn. The van der Waals surface area contributed by atoms with Crippen LogP contribution < -0.4 is 0 Å². The molecule has 302 valence electrons. The Labute approximate surface area is 267 Å². The Morgan fingerprint density at radius 2 is 0.373 bits per heavy atom. The van der Waals surface area contributed by atoms with Crippen molar-refractivity contribution in [3.8, 4) is 0 Å². The summed E-state index contributed by atoms with van der Waals surface area (Å²) < 4.78 is 373. The third kappa shape index (κ3) is 7.11. The van der Waals surface area contributed by atoms with E-state index < -0.39 is 95.4 Å². The summed E-state index contributed by atoms with van der Waals surface area (Å²) in [6.07, 6.45) is -15.4. The summed E-state index contributed by atoms with van der Waals surface area (Å²) in [5, 5.41) is 15.1. The summed E-state index contributed by atoms with van der Waals surface area (Å²) >= 11 is 0. The van der Waals surface area contributed by atoms with Gasteiger partial charge < -0.3 is 10.2 Å². The maximum atomic E-state index is 12.8. The predicted molar refractivity (Wildman–Crippen MR) is 86.7 cm³/mol. The first-order valence-electron chi connectivity index (χ1n) is 10.0. The molecule has 0 radical (unpaired) electrons. The number of rotatable bonds is 12. The van der Waals surface area contributed by atoms with Gasteiger partial charge in [-0.15, -0.1) is 0 Å². The van der Waals surface area contributed by atoms with Crippen molar-refractivity contribution in [1.29, 1.82) is 0 Å². The third-order valence-corrected chi connectivity index (χ3v) is 5.19. The zero-order valence-electron chi connectivity index (χ0n) is 21.8. The van der Waals surface area contributed by atoms with E-state index in [1.54, 1.807) is 0 Å². The van der Waals surface area contributed by atoms with E-state index in [-0.39, 0.29) is 19.5 Å². The average Bonchev–Trinajstić information content (AvgIpc) is 2.86. The van der Waals surface area contributed by atoms with Gasteiger partial charge in [0.25, 0.3) is 0 Å². The summed E-state index contributed by atoms with van der Waals surface area (Å²) in [4.78, 5) is 19.4. The molecule has 0 aromatic rings. The van der Waals surface area contributed by atoms with E-state index in [0.717, 1.165) is 0 Å². The molecule has 51 heavy (non-hydrogen) atoms. The molecule has 0 aromatic carbocycles. The third-order valence-electron chi connectivity index (χ3n) is 5.19. The molecular weight excluding hydrogens is 892 g/mol. The van der Waals surface area contributed by atoms with E-state index in [1.807, 2.05) is 0 Å².